The summed E-state index contributed by atoms with van der Waals surface area (Å²) >= 11 is 1.20. The second kappa shape index (κ2) is 9.93. The van der Waals surface area contributed by atoms with Gasteiger partial charge in [0.1, 0.15) is 5.75 Å². The van der Waals surface area contributed by atoms with Gasteiger partial charge in [0.15, 0.2) is 5.17 Å². The van der Waals surface area contributed by atoms with Crippen molar-refractivity contribution in [3.05, 3.63) is 77.2 Å². The number of aromatic carboxylic acids is 1. The summed E-state index contributed by atoms with van der Waals surface area (Å²) in [4.78, 5) is 30.9. The summed E-state index contributed by atoms with van der Waals surface area (Å²) in [5.41, 5.74) is 1.17. The minimum atomic E-state index is -1.07. The number of thioether (sulfide) groups is 1. The largest absolute Gasteiger partial charge is 0.493 e. The smallest absolute Gasteiger partial charge is 0.337 e. The number of carbonyl (C=O) groups is 2. The first kappa shape index (κ1) is 21.4. The van der Waals surface area contributed by atoms with Crippen LogP contribution in [0.1, 0.15) is 29.3 Å². The lowest BCUT2D eigenvalue weighted by molar-refractivity contribution is -0.121. The number of carbonyl (C=O) groups excluding carboxylic acids is 1. The number of benzene rings is 2. The Kier molecular flexibility index (Phi) is 7.08. The zero-order chi connectivity index (χ0) is 21.5. The van der Waals surface area contributed by atoms with E-state index in [0.717, 1.165) is 12.0 Å². The van der Waals surface area contributed by atoms with E-state index in [1.807, 2.05) is 31.2 Å². The van der Waals surface area contributed by atoms with Crippen LogP contribution in [0.25, 0.3) is 6.08 Å². The van der Waals surface area contributed by atoms with Gasteiger partial charge >= 0.3 is 5.97 Å². The van der Waals surface area contributed by atoms with Crippen molar-refractivity contribution in [3.63, 3.8) is 0 Å². The molecule has 1 saturated heterocycles. The van der Waals surface area contributed by atoms with Gasteiger partial charge in [-0.05, 0) is 42.5 Å². The Morgan fingerprint density at radius 2 is 1.97 bits per heavy atom. The highest BCUT2D eigenvalue weighted by Gasteiger charge is 2.33. The van der Waals surface area contributed by atoms with Gasteiger partial charge in [-0.2, -0.15) is 0 Å². The van der Waals surface area contributed by atoms with Crippen LogP contribution in [0.5, 0.6) is 5.75 Å². The molecule has 1 heterocycles. The first-order valence-corrected chi connectivity index (χ1v) is 10.3. The van der Waals surface area contributed by atoms with Gasteiger partial charge in [-0.15, -0.1) is 6.58 Å². The average molecular weight is 423 g/mol. The first-order valence-electron chi connectivity index (χ1n) is 9.50. The number of amides is 1. The van der Waals surface area contributed by atoms with Crippen LogP contribution in [0, 0.1) is 0 Å². The van der Waals surface area contributed by atoms with E-state index in [2.05, 4.69) is 11.6 Å². The van der Waals surface area contributed by atoms with Crippen LogP contribution < -0.4 is 4.74 Å². The molecule has 0 atom stereocenters. The molecular weight excluding hydrogens is 400 g/mol. The van der Waals surface area contributed by atoms with Crippen molar-refractivity contribution in [2.45, 2.75) is 13.3 Å². The molecule has 2 aromatic rings. The summed E-state index contributed by atoms with van der Waals surface area (Å²) in [5, 5.41) is 9.82. The molecule has 30 heavy (non-hydrogen) atoms. The highest BCUT2D eigenvalue weighted by atomic mass is 32.2. The van der Waals surface area contributed by atoms with Gasteiger partial charge in [0.05, 0.1) is 22.8 Å². The molecule has 6 nitrogen and oxygen atoms in total. The number of carboxylic acid groups (broad SMARTS) is 1. The Bertz CT molecular complexity index is 1030. The third-order valence-electron chi connectivity index (χ3n) is 4.22. The Hall–Kier alpha value is -3.32. The van der Waals surface area contributed by atoms with Crippen LogP contribution in [0.2, 0.25) is 0 Å². The van der Waals surface area contributed by atoms with Gasteiger partial charge in [-0.1, -0.05) is 43.3 Å². The minimum absolute atomic E-state index is 0.0762. The van der Waals surface area contributed by atoms with Gasteiger partial charge < -0.3 is 9.84 Å². The van der Waals surface area contributed by atoms with E-state index in [1.165, 1.54) is 22.7 Å². The summed E-state index contributed by atoms with van der Waals surface area (Å²) in [6.07, 6.45) is 4.27. The van der Waals surface area contributed by atoms with E-state index >= 15 is 0 Å². The van der Waals surface area contributed by atoms with Crippen LogP contribution in [-0.2, 0) is 4.79 Å². The van der Waals surface area contributed by atoms with E-state index < -0.39 is 5.97 Å². The molecule has 1 aliphatic rings. The number of aliphatic imine (C=N–C) groups is 1. The van der Waals surface area contributed by atoms with E-state index in [1.54, 1.807) is 30.4 Å². The molecule has 0 bridgehead atoms. The molecule has 0 aliphatic carbocycles. The highest BCUT2D eigenvalue weighted by molar-refractivity contribution is 8.18. The molecule has 0 spiro atoms. The number of hydrogen-bond acceptors (Lipinski definition) is 5. The number of hydrogen-bond donors (Lipinski definition) is 1. The quantitative estimate of drug-likeness (QED) is 0.480. The molecule has 1 fully saturated rings. The summed E-state index contributed by atoms with van der Waals surface area (Å²) < 4.78 is 5.78. The van der Waals surface area contributed by atoms with Crippen molar-refractivity contribution < 1.29 is 19.4 Å². The molecule has 1 amide bonds. The fraction of sp³-hybridized carbons (Fsp3) is 0.174. The van der Waals surface area contributed by atoms with Gasteiger partial charge in [0, 0.05) is 12.1 Å². The maximum absolute atomic E-state index is 13.0. The zero-order valence-corrected chi connectivity index (χ0v) is 17.4. The molecule has 154 valence electrons. The van der Waals surface area contributed by atoms with E-state index in [-0.39, 0.29) is 18.0 Å². The fourth-order valence-electron chi connectivity index (χ4n) is 2.82. The topological polar surface area (TPSA) is 79.2 Å². The lowest BCUT2D eigenvalue weighted by atomic mass is 10.2. The lowest BCUT2D eigenvalue weighted by Gasteiger charge is -2.13. The molecule has 1 aliphatic heterocycles. The molecule has 7 heteroatoms. The first-order chi connectivity index (χ1) is 14.5. The molecule has 0 aromatic heterocycles. The summed E-state index contributed by atoms with van der Waals surface area (Å²) in [5.74, 6) is -0.578. The zero-order valence-electron chi connectivity index (χ0n) is 16.6. The predicted molar refractivity (Wildman–Crippen MR) is 120 cm³/mol. The van der Waals surface area contributed by atoms with Gasteiger partial charge in [-0.25, -0.2) is 9.79 Å². The maximum atomic E-state index is 13.0. The monoisotopic (exact) mass is 422 g/mol. The molecular formula is C23H22N2O4S. The number of carboxylic acids is 1. The number of ether oxygens (including phenoxy) is 1. The Morgan fingerprint density at radius 1 is 1.23 bits per heavy atom. The summed E-state index contributed by atoms with van der Waals surface area (Å²) in [6, 6.07) is 14.0. The van der Waals surface area contributed by atoms with Crippen LogP contribution >= 0.6 is 11.8 Å². The standard InChI is InChI=1S/C23H22N2O4S/c1-3-13-25-21(26)20(15-16-9-5-8-12-19(16)29-14-4-2)30-23(25)24-18-11-7-6-10-17(18)22(27)28/h3,5-12,15H,1,4,13-14H2,2H3,(H,27,28)/b20-15-,24-23?. The molecule has 0 saturated carbocycles. The molecule has 2 aromatic carbocycles. The SMILES string of the molecule is C=CCN1C(=O)/C(=C/c2ccccc2OCCC)SC1=Nc1ccccc1C(=O)O. The van der Waals surface area contributed by atoms with Crippen LogP contribution in [0.3, 0.4) is 0 Å². The van der Waals surface area contributed by atoms with Crippen molar-refractivity contribution in [2.75, 3.05) is 13.2 Å². The van der Waals surface area contributed by atoms with Crippen LogP contribution in [-0.4, -0.2) is 40.2 Å². The Labute approximate surface area is 179 Å². The second-order valence-corrected chi connectivity index (χ2v) is 7.43. The van der Waals surface area contributed by atoms with Crippen molar-refractivity contribution in [1.82, 2.24) is 4.90 Å². The third kappa shape index (κ3) is 4.80. The summed E-state index contributed by atoms with van der Waals surface area (Å²) in [7, 11) is 0. The van der Waals surface area contributed by atoms with Crippen molar-refractivity contribution >= 4 is 40.6 Å². The van der Waals surface area contributed by atoms with Crippen LogP contribution in [0.4, 0.5) is 5.69 Å². The van der Waals surface area contributed by atoms with Crippen LogP contribution in [0.15, 0.2) is 71.1 Å². The predicted octanol–water partition coefficient (Wildman–Crippen LogP) is 4.96. The van der Waals surface area contributed by atoms with E-state index in [0.29, 0.717) is 28.1 Å². The van der Waals surface area contributed by atoms with E-state index in [4.69, 9.17) is 4.74 Å². The Morgan fingerprint density at radius 3 is 2.70 bits per heavy atom. The van der Waals surface area contributed by atoms with Crippen molar-refractivity contribution in [2.24, 2.45) is 4.99 Å². The third-order valence-corrected chi connectivity index (χ3v) is 5.22. The van der Waals surface area contributed by atoms with E-state index in [9.17, 15) is 14.7 Å². The minimum Gasteiger partial charge on any atom is -0.493 e. The Balaban J connectivity index is 1.99. The van der Waals surface area contributed by atoms with Gasteiger partial charge in [-0.3, -0.25) is 9.69 Å². The second-order valence-electron chi connectivity index (χ2n) is 6.42. The lowest BCUT2D eigenvalue weighted by Crippen LogP contribution is -2.29. The van der Waals surface area contributed by atoms with Gasteiger partial charge in [0.25, 0.3) is 5.91 Å². The number of amidine groups is 1. The normalized spacial score (nSPS) is 16.3. The number of para-hydroxylation sites is 2. The number of rotatable bonds is 8. The average Bonchev–Trinajstić information content (AvgIpc) is 3.02. The maximum Gasteiger partial charge on any atom is 0.337 e. The molecule has 0 radical (unpaired) electrons. The molecule has 1 N–H and O–H groups in total. The molecule has 0 unspecified atom stereocenters. The highest BCUT2D eigenvalue weighted by Crippen LogP contribution is 2.36. The summed E-state index contributed by atoms with van der Waals surface area (Å²) in [6.45, 7) is 6.60. The number of nitrogens with zero attached hydrogens (tertiary/aromatic N) is 2. The van der Waals surface area contributed by atoms with Gasteiger partial charge in [0.2, 0.25) is 0 Å². The molecule has 3 rings (SSSR count). The van der Waals surface area contributed by atoms with Crippen molar-refractivity contribution in [1.29, 1.82) is 0 Å². The fourth-order valence-corrected chi connectivity index (χ4v) is 3.81. The van der Waals surface area contributed by atoms with Crippen molar-refractivity contribution in [3.8, 4) is 5.75 Å².